The fourth-order valence-corrected chi connectivity index (χ4v) is 2.04. The van der Waals surface area contributed by atoms with Gasteiger partial charge in [0.15, 0.2) is 0 Å². The molecule has 1 aliphatic carbocycles. The van der Waals surface area contributed by atoms with Crippen molar-refractivity contribution >= 4 is 17.5 Å². The standard InChI is InChI=1S/C12H19NO3/c1-3-13(4-2)12(16)11(15)9-5-7-10(14)8-6-9/h9H,3-8H2,1-2H3. The van der Waals surface area contributed by atoms with Crippen LogP contribution in [0.1, 0.15) is 39.5 Å². The molecule has 0 aromatic carbocycles. The predicted octanol–water partition coefficient (Wildman–Crippen LogP) is 1.18. The Morgan fingerprint density at radius 1 is 1.19 bits per heavy atom. The highest BCUT2D eigenvalue weighted by atomic mass is 16.2. The maximum atomic E-state index is 11.9. The number of Topliss-reactive ketones (excluding diaryl/α,β-unsaturated/α-hetero) is 2. The summed E-state index contributed by atoms with van der Waals surface area (Å²) in [5.41, 5.74) is 0. The second-order valence-electron chi connectivity index (χ2n) is 4.15. The van der Waals surface area contributed by atoms with E-state index in [0.29, 0.717) is 38.8 Å². The third-order valence-electron chi connectivity index (χ3n) is 3.18. The molecule has 1 aliphatic rings. The molecule has 16 heavy (non-hydrogen) atoms. The Morgan fingerprint density at radius 2 is 1.69 bits per heavy atom. The van der Waals surface area contributed by atoms with Crippen LogP contribution in [0.3, 0.4) is 0 Å². The van der Waals surface area contributed by atoms with Crippen LogP contribution in [0.15, 0.2) is 0 Å². The summed E-state index contributed by atoms with van der Waals surface area (Å²) in [5.74, 6) is -0.717. The van der Waals surface area contributed by atoms with E-state index in [9.17, 15) is 14.4 Å². The van der Waals surface area contributed by atoms with Crippen LogP contribution in [0.25, 0.3) is 0 Å². The van der Waals surface area contributed by atoms with E-state index in [2.05, 4.69) is 0 Å². The van der Waals surface area contributed by atoms with Crippen LogP contribution in [0.4, 0.5) is 0 Å². The summed E-state index contributed by atoms with van der Waals surface area (Å²) in [4.78, 5) is 36.2. The normalized spacial score (nSPS) is 17.2. The molecule has 0 heterocycles. The van der Waals surface area contributed by atoms with E-state index < -0.39 is 0 Å². The zero-order chi connectivity index (χ0) is 12.1. The van der Waals surface area contributed by atoms with Crippen molar-refractivity contribution in [2.45, 2.75) is 39.5 Å². The molecule has 1 amide bonds. The van der Waals surface area contributed by atoms with Crippen molar-refractivity contribution in [1.82, 2.24) is 4.90 Å². The fraction of sp³-hybridized carbons (Fsp3) is 0.750. The summed E-state index contributed by atoms with van der Waals surface area (Å²) in [6.07, 6.45) is 1.99. The lowest BCUT2D eigenvalue weighted by Crippen LogP contribution is -2.40. The van der Waals surface area contributed by atoms with E-state index in [0.717, 1.165) is 0 Å². The van der Waals surface area contributed by atoms with Crippen molar-refractivity contribution in [2.75, 3.05) is 13.1 Å². The molecule has 90 valence electrons. The van der Waals surface area contributed by atoms with Crippen LogP contribution < -0.4 is 0 Å². The second kappa shape index (κ2) is 5.77. The van der Waals surface area contributed by atoms with E-state index in [1.807, 2.05) is 13.8 Å². The van der Waals surface area contributed by atoms with Crippen LogP contribution in [0.2, 0.25) is 0 Å². The molecule has 0 unspecified atom stereocenters. The number of hydrogen-bond donors (Lipinski definition) is 0. The Morgan fingerprint density at radius 3 is 2.12 bits per heavy atom. The molecule has 0 N–H and O–H groups in total. The molecule has 1 fully saturated rings. The first kappa shape index (κ1) is 12.9. The van der Waals surface area contributed by atoms with Crippen LogP contribution in [0, 0.1) is 5.92 Å². The Hall–Kier alpha value is -1.19. The van der Waals surface area contributed by atoms with E-state index in [1.54, 1.807) is 4.90 Å². The van der Waals surface area contributed by atoms with Gasteiger partial charge >= 0.3 is 0 Å². The maximum absolute atomic E-state index is 11.9. The molecule has 0 aromatic heterocycles. The lowest BCUT2D eigenvalue weighted by atomic mass is 9.85. The molecule has 1 rings (SSSR count). The van der Waals surface area contributed by atoms with Gasteiger partial charge in [-0.3, -0.25) is 14.4 Å². The third-order valence-corrected chi connectivity index (χ3v) is 3.18. The van der Waals surface area contributed by atoms with Gasteiger partial charge < -0.3 is 4.90 Å². The number of hydrogen-bond acceptors (Lipinski definition) is 3. The second-order valence-corrected chi connectivity index (χ2v) is 4.15. The van der Waals surface area contributed by atoms with Gasteiger partial charge in [0.1, 0.15) is 5.78 Å². The number of nitrogens with zero attached hydrogens (tertiary/aromatic N) is 1. The molecule has 4 heteroatoms. The van der Waals surface area contributed by atoms with Gasteiger partial charge in [-0.05, 0) is 26.7 Å². The molecule has 0 atom stereocenters. The lowest BCUT2D eigenvalue weighted by Gasteiger charge is -2.23. The van der Waals surface area contributed by atoms with Crippen molar-refractivity contribution in [2.24, 2.45) is 5.92 Å². The number of likely N-dealkylation sites (N-methyl/N-ethyl adjacent to an activating group) is 1. The molecule has 4 nitrogen and oxygen atoms in total. The molecule has 0 aromatic rings. The third kappa shape index (κ3) is 2.90. The fourth-order valence-electron chi connectivity index (χ4n) is 2.04. The maximum Gasteiger partial charge on any atom is 0.290 e. The molecule has 0 radical (unpaired) electrons. The van der Waals surface area contributed by atoms with E-state index in [-0.39, 0.29) is 23.4 Å². The number of rotatable bonds is 4. The highest BCUT2D eigenvalue weighted by Gasteiger charge is 2.31. The minimum atomic E-state index is -0.385. The van der Waals surface area contributed by atoms with E-state index in [4.69, 9.17) is 0 Å². The monoisotopic (exact) mass is 225 g/mol. The number of carbonyl (C=O) groups excluding carboxylic acids is 3. The molecule has 0 saturated heterocycles. The molecule has 1 saturated carbocycles. The van der Waals surface area contributed by atoms with Crippen molar-refractivity contribution in [1.29, 1.82) is 0 Å². The number of ketones is 2. The van der Waals surface area contributed by atoms with E-state index >= 15 is 0 Å². The SMILES string of the molecule is CCN(CC)C(=O)C(=O)C1CCC(=O)CC1. The topological polar surface area (TPSA) is 54.5 Å². The largest absolute Gasteiger partial charge is 0.337 e. The summed E-state index contributed by atoms with van der Waals surface area (Å²) < 4.78 is 0. The van der Waals surface area contributed by atoms with Gasteiger partial charge in [-0.2, -0.15) is 0 Å². The van der Waals surface area contributed by atoms with Gasteiger partial charge in [0, 0.05) is 31.8 Å². The van der Waals surface area contributed by atoms with Gasteiger partial charge in [-0.15, -0.1) is 0 Å². The first-order chi connectivity index (χ1) is 7.60. The van der Waals surface area contributed by atoms with Gasteiger partial charge in [-0.25, -0.2) is 0 Å². The highest BCUT2D eigenvalue weighted by molar-refractivity contribution is 6.36. The van der Waals surface area contributed by atoms with Gasteiger partial charge in [0.25, 0.3) is 5.91 Å². The Bertz CT molecular complexity index is 285. The van der Waals surface area contributed by atoms with Crippen LogP contribution in [-0.4, -0.2) is 35.5 Å². The Balaban J connectivity index is 2.57. The van der Waals surface area contributed by atoms with Crippen molar-refractivity contribution in [3.8, 4) is 0 Å². The van der Waals surface area contributed by atoms with Crippen molar-refractivity contribution < 1.29 is 14.4 Å². The average Bonchev–Trinajstić information content (AvgIpc) is 2.30. The lowest BCUT2D eigenvalue weighted by molar-refractivity contribution is -0.147. The van der Waals surface area contributed by atoms with Crippen LogP contribution >= 0.6 is 0 Å². The van der Waals surface area contributed by atoms with Crippen molar-refractivity contribution in [3.63, 3.8) is 0 Å². The highest BCUT2D eigenvalue weighted by Crippen LogP contribution is 2.22. The first-order valence-corrected chi connectivity index (χ1v) is 5.94. The molecule has 0 aliphatic heterocycles. The summed E-state index contributed by atoms with van der Waals surface area (Å²) in [5, 5.41) is 0. The van der Waals surface area contributed by atoms with Crippen molar-refractivity contribution in [3.05, 3.63) is 0 Å². The number of carbonyl (C=O) groups is 3. The minimum absolute atomic E-state index is 0.208. The zero-order valence-corrected chi connectivity index (χ0v) is 9.99. The molecular weight excluding hydrogens is 206 g/mol. The summed E-state index contributed by atoms with van der Waals surface area (Å²) in [6, 6.07) is 0. The minimum Gasteiger partial charge on any atom is -0.337 e. The molecule has 0 bridgehead atoms. The zero-order valence-electron chi connectivity index (χ0n) is 9.99. The van der Waals surface area contributed by atoms with Gasteiger partial charge in [-0.1, -0.05) is 0 Å². The van der Waals surface area contributed by atoms with Gasteiger partial charge in [0.05, 0.1) is 0 Å². The van der Waals surface area contributed by atoms with E-state index in [1.165, 1.54) is 0 Å². The Kier molecular flexibility index (Phi) is 4.65. The first-order valence-electron chi connectivity index (χ1n) is 5.94. The average molecular weight is 225 g/mol. The molecule has 0 spiro atoms. The predicted molar refractivity (Wildman–Crippen MR) is 59.9 cm³/mol. The number of amides is 1. The summed E-state index contributed by atoms with van der Waals surface area (Å²) in [6.45, 7) is 4.84. The van der Waals surface area contributed by atoms with Crippen LogP contribution in [-0.2, 0) is 14.4 Å². The molecular formula is C12H19NO3. The smallest absolute Gasteiger partial charge is 0.290 e. The summed E-state index contributed by atoms with van der Waals surface area (Å²) in [7, 11) is 0. The Labute approximate surface area is 96.0 Å². The van der Waals surface area contributed by atoms with Gasteiger partial charge in [0.2, 0.25) is 5.78 Å². The van der Waals surface area contributed by atoms with Crippen LogP contribution in [0.5, 0.6) is 0 Å². The summed E-state index contributed by atoms with van der Waals surface area (Å²) >= 11 is 0. The quantitative estimate of drug-likeness (QED) is 0.675.